The van der Waals surface area contributed by atoms with Crippen molar-refractivity contribution in [2.75, 3.05) is 7.11 Å². The third-order valence-corrected chi connectivity index (χ3v) is 2.11. The molecule has 0 spiro atoms. The normalized spacial score (nSPS) is 9.64. The number of aromatic nitrogens is 1. The van der Waals surface area contributed by atoms with Crippen LogP contribution in [0.4, 0.5) is 0 Å². The molecule has 1 heterocycles. The maximum Gasteiger partial charge on any atom is 0.341 e. The summed E-state index contributed by atoms with van der Waals surface area (Å²) in [5, 5.41) is 3.67. The number of nitrogens with zero attached hydrogens (tertiary/aromatic N) is 1. The monoisotopic (exact) mass is 169 g/mol. The number of rotatable bonds is 1. The lowest BCUT2D eigenvalue weighted by Gasteiger charge is -1.95. The van der Waals surface area contributed by atoms with E-state index in [4.69, 9.17) is 4.52 Å². The van der Waals surface area contributed by atoms with Gasteiger partial charge in [0, 0.05) is 4.56 Å². The van der Waals surface area contributed by atoms with Crippen molar-refractivity contribution in [1.82, 2.24) is 5.16 Å². The molecule has 0 saturated carbocycles. The van der Waals surface area contributed by atoms with Gasteiger partial charge in [0.15, 0.2) is 0 Å². The molecule has 5 heteroatoms. The van der Waals surface area contributed by atoms with Crippen molar-refractivity contribution < 1.29 is 14.1 Å². The average molecular weight is 169 g/mol. The van der Waals surface area contributed by atoms with Crippen LogP contribution >= 0.6 is 0 Å². The summed E-state index contributed by atoms with van der Waals surface area (Å²) >= 11 is 0.693. The van der Waals surface area contributed by atoms with Gasteiger partial charge in [-0.25, -0.2) is 4.79 Å². The minimum Gasteiger partial charge on any atom is -0.465 e. The molecule has 0 aliphatic heterocycles. The first-order chi connectivity index (χ1) is 5.16. The van der Waals surface area contributed by atoms with E-state index < -0.39 is 0 Å². The molecule has 0 saturated heterocycles. The van der Waals surface area contributed by atoms with Crippen LogP contribution in [0.15, 0.2) is 4.52 Å². The summed E-state index contributed by atoms with van der Waals surface area (Å²) in [6.45, 7) is 1.70. The molecule has 0 aliphatic rings. The van der Waals surface area contributed by atoms with Crippen LogP contribution in [0.2, 0.25) is 0 Å². The third-order valence-electron chi connectivity index (χ3n) is 1.42. The van der Waals surface area contributed by atoms with Crippen LogP contribution in [0.1, 0.15) is 16.1 Å². The number of hydrogen-bond donors (Lipinski definition) is 0. The number of hydrogen-bond acceptors (Lipinski definition) is 4. The van der Waals surface area contributed by atoms with E-state index in [0.717, 1.165) is 0 Å². The molecule has 1 aromatic rings. The van der Waals surface area contributed by atoms with Crippen LogP contribution in [0.5, 0.6) is 0 Å². The summed E-state index contributed by atoms with van der Waals surface area (Å²) in [7, 11) is 1.34. The lowest BCUT2D eigenvalue weighted by atomic mass is 10.3. The van der Waals surface area contributed by atoms with Gasteiger partial charge < -0.3 is 9.26 Å². The van der Waals surface area contributed by atoms with Gasteiger partial charge in [0.25, 0.3) is 16.3 Å². The summed E-state index contributed by atoms with van der Waals surface area (Å²) < 4.78 is 10.0. The molecule has 4 nitrogen and oxygen atoms in total. The molecular formula is C6H8AlNO3. The van der Waals surface area contributed by atoms with Gasteiger partial charge in [0.05, 0.1) is 7.11 Å². The van der Waals surface area contributed by atoms with E-state index >= 15 is 0 Å². The molecule has 0 fully saturated rings. The van der Waals surface area contributed by atoms with E-state index in [1.165, 1.54) is 7.11 Å². The Kier molecular flexibility index (Phi) is 2.32. The number of carbonyl (C=O) groups excluding carboxylic acids is 1. The fraction of sp³-hybridized carbons (Fsp3) is 0.333. The predicted octanol–water partition coefficient (Wildman–Crippen LogP) is -0.972. The van der Waals surface area contributed by atoms with Crippen LogP contribution < -0.4 is 4.56 Å². The van der Waals surface area contributed by atoms with Gasteiger partial charge in [-0.1, -0.05) is 0 Å². The molecule has 0 aliphatic carbocycles. The Bertz CT molecular complexity index is 262. The quantitative estimate of drug-likeness (QED) is 0.401. The van der Waals surface area contributed by atoms with Gasteiger partial charge in [-0.3, -0.25) is 0 Å². The van der Waals surface area contributed by atoms with Crippen molar-refractivity contribution in [2.24, 2.45) is 0 Å². The predicted molar refractivity (Wildman–Crippen MR) is 40.8 cm³/mol. The molecule has 11 heavy (non-hydrogen) atoms. The highest BCUT2D eigenvalue weighted by Gasteiger charge is 2.16. The van der Waals surface area contributed by atoms with E-state index in [2.05, 4.69) is 9.89 Å². The average Bonchev–Trinajstić information content (AvgIpc) is 2.30. The van der Waals surface area contributed by atoms with Crippen LogP contribution in [0, 0.1) is 6.92 Å². The van der Waals surface area contributed by atoms with Gasteiger partial charge in [0.2, 0.25) is 0 Å². The van der Waals surface area contributed by atoms with E-state index in [1.54, 1.807) is 6.92 Å². The van der Waals surface area contributed by atoms with E-state index in [-0.39, 0.29) is 5.97 Å². The van der Waals surface area contributed by atoms with Crippen molar-refractivity contribution in [3.63, 3.8) is 0 Å². The molecule has 0 radical (unpaired) electrons. The van der Waals surface area contributed by atoms with E-state index in [0.29, 0.717) is 32.2 Å². The molecule has 0 unspecified atom stereocenters. The van der Waals surface area contributed by atoms with Crippen molar-refractivity contribution >= 4 is 26.8 Å². The Morgan fingerprint density at radius 1 is 1.73 bits per heavy atom. The van der Waals surface area contributed by atoms with Crippen LogP contribution in [0.3, 0.4) is 0 Å². The van der Waals surface area contributed by atoms with Crippen LogP contribution in [-0.2, 0) is 4.74 Å². The third kappa shape index (κ3) is 1.44. The van der Waals surface area contributed by atoms with Crippen molar-refractivity contribution in [3.05, 3.63) is 11.3 Å². The molecule has 0 N–H and O–H groups in total. The van der Waals surface area contributed by atoms with Gasteiger partial charge in [-0.2, -0.15) is 0 Å². The molecule has 0 atom stereocenters. The smallest absolute Gasteiger partial charge is 0.341 e. The van der Waals surface area contributed by atoms with Crippen molar-refractivity contribution in [2.45, 2.75) is 6.92 Å². The Labute approximate surface area is 71.9 Å². The molecule has 0 bridgehead atoms. The molecular weight excluding hydrogens is 161 g/mol. The first-order valence-corrected chi connectivity index (χ1v) is 4.18. The van der Waals surface area contributed by atoms with Crippen molar-refractivity contribution in [3.8, 4) is 0 Å². The fourth-order valence-corrected chi connectivity index (χ4v) is 1.52. The van der Waals surface area contributed by atoms with Gasteiger partial charge >= 0.3 is 5.97 Å². The second-order valence-electron chi connectivity index (χ2n) is 2.19. The minimum atomic E-state index is -0.367. The number of esters is 1. The standard InChI is InChI=1S/C6H6NO3.Al.2H/c1-4-5(3-7-10-4)6(8)9-2;;;/h1-2H3;;;. The first kappa shape index (κ1) is 8.31. The van der Waals surface area contributed by atoms with Gasteiger partial charge in [0.1, 0.15) is 11.3 Å². The molecule has 58 valence electrons. The summed E-state index contributed by atoms with van der Waals surface area (Å²) in [6, 6.07) is 0. The zero-order valence-corrected chi connectivity index (χ0v) is 8.67. The second-order valence-corrected chi connectivity index (χ2v) is 3.14. The zero-order chi connectivity index (χ0) is 8.43. The zero-order valence-electron chi connectivity index (χ0n) is 6.67. The topological polar surface area (TPSA) is 52.3 Å². The number of methoxy groups -OCH3 is 1. The second kappa shape index (κ2) is 3.08. The highest BCUT2D eigenvalue weighted by atomic mass is 27.0. The van der Waals surface area contributed by atoms with E-state index in [9.17, 15) is 4.79 Å². The Balaban J connectivity index is 3.10. The van der Waals surface area contributed by atoms with Crippen molar-refractivity contribution in [1.29, 1.82) is 0 Å². The van der Waals surface area contributed by atoms with Crippen LogP contribution in [0.25, 0.3) is 0 Å². The van der Waals surface area contributed by atoms with Crippen LogP contribution in [-0.4, -0.2) is 34.5 Å². The Hall–Kier alpha value is -0.788. The molecule has 0 amide bonds. The molecule has 1 aromatic heterocycles. The number of carbonyl (C=O) groups is 1. The summed E-state index contributed by atoms with van der Waals surface area (Å²) in [6.07, 6.45) is 0. The summed E-state index contributed by atoms with van der Waals surface area (Å²) in [5.74, 6) is 0.163. The number of aryl methyl sites for hydroxylation is 1. The lowest BCUT2D eigenvalue weighted by Crippen LogP contribution is -2.16. The summed E-state index contributed by atoms with van der Waals surface area (Å²) in [4.78, 5) is 11.0. The van der Waals surface area contributed by atoms with E-state index in [1.807, 2.05) is 0 Å². The molecule has 0 aromatic carbocycles. The van der Waals surface area contributed by atoms with Gasteiger partial charge in [-0.05, 0) is 6.92 Å². The largest absolute Gasteiger partial charge is 0.465 e. The maximum atomic E-state index is 11.0. The minimum absolute atomic E-state index is 0.367. The maximum absolute atomic E-state index is 11.0. The SMILES string of the molecule is COC(=O)c1[c]([AlH2])noc1C. The fourth-order valence-electron chi connectivity index (χ4n) is 0.876. The Morgan fingerprint density at radius 2 is 2.36 bits per heavy atom. The Morgan fingerprint density at radius 3 is 2.73 bits per heavy atom. The summed E-state index contributed by atoms with van der Waals surface area (Å²) in [5.41, 5.74) is 0.485. The van der Waals surface area contributed by atoms with Gasteiger partial charge in [-0.15, -0.1) is 5.16 Å². The highest BCUT2D eigenvalue weighted by Crippen LogP contribution is 2.03. The highest BCUT2D eigenvalue weighted by molar-refractivity contribution is 6.34. The number of ether oxygens (including phenoxy) is 1. The lowest BCUT2D eigenvalue weighted by molar-refractivity contribution is 0.0600. The molecule has 1 rings (SSSR count). The first-order valence-electron chi connectivity index (χ1n) is 3.18.